The highest BCUT2D eigenvalue weighted by atomic mass is 19.1. The van der Waals surface area contributed by atoms with Crippen LogP contribution in [0.25, 0.3) is 16.8 Å². The number of piperidine rings is 1. The van der Waals surface area contributed by atoms with E-state index in [-0.39, 0.29) is 11.7 Å². The molecule has 0 atom stereocenters. The van der Waals surface area contributed by atoms with Gasteiger partial charge in [-0.3, -0.25) is 9.36 Å². The first kappa shape index (κ1) is 25.5. The molecule has 0 bridgehead atoms. The number of methoxy groups -OCH3 is 2. The Morgan fingerprint density at radius 3 is 2.24 bits per heavy atom. The summed E-state index contributed by atoms with van der Waals surface area (Å²) < 4.78 is 26.1. The minimum atomic E-state index is -0.201. The van der Waals surface area contributed by atoms with Crippen molar-refractivity contribution in [2.24, 2.45) is 5.92 Å². The highest BCUT2D eigenvalue weighted by Crippen LogP contribution is 2.38. The predicted octanol–water partition coefficient (Wildman–Crippen LogP) is 6.18. The van der Waals surface area contributed by atoms with Crippen LogP contribution < -0.4 is 9.47 Å². The molecule has 0 aliphatic carbocycles. The van der Waals surface area contributed by atoms with E-state index in [1.165, 1.54) is 12.1 Å². The molecule has 1 aliphatic heterocycles. The van der Waals surface area contributed by atoms with E-state index < -0.39 is 0 Å². The summed E-state index contributed by atoms with van der Waals surface area (Å²) in [6.07, 6.45) is 7.24. The first-order valence-electron chi connectivity index (χ1n) is 12.9. The molecule has 0 spiro atoms. The molecule has 1 aliphatic rings. The highest BCUT2D eigenvalue weighted by Gasteiger charge is 2.26. The van der Waals surface area contributed by atoms with Crippen LogP contribution in [0.5, 0.6) is 11.5 Å². The quantitative estimate of drug-likeness (QED) is 0.282. The maximum atomic E-state index is 13.4. The number of halogens is 1. The number of carbonyl (C=O) groups is 1. The van der Waals surface area contributed by atoms with Crippen molar-refractivity contribution >= 4 is 5.91 Å². The zero-order chi connectivity index (χ0) is 26.5. The molecule has 1 aromatic heterocycles. The summed E-state index contributed by atoms with van der Waals surface area (Å²) in [6, 6.07) is 20.4. The molecule has 38 heavy (non-hydrogen) atoms. The molecule has 0 unspecified atom stereocenters. The highest BCUT2D eigenvalue weighted by molar-refractivity contribution is 5.93. The van der Waals surface area contributed by atoms with Gasteiger partial charge in [0.2, 0.25) is 0 Å². The lowest BCUT2D eigenvalue weighted by molar-refractivity contribution is 0.0679. The molecular weight excluding hydrogens is 481 g/mol. The van der Waals surface area contributed by atoms with Gasteiger partial charge in [0.1, 0.15) is 23.0 Å². The lowest BCUT2D eigenvalue weighted by Gasteiger charge is -2.32. The second-order valence-electron chi connectivity index (χ2n) is 9.63. The average molecular weight is 514 g/mol. The third-order valence-electron chi connectivity index (χ3n) is 7.38. The Kier molecular flexibility index (Phi) is 7.73. The van der Waals surface area contributed by atoms with E-state index in [9.17, 15) is 9.18 Å². The van der Waals surface area contributed by atoms with Crippen LogP contribution in [-0.4, -0.2) is 47.7 Å². The molecule has 1 amide bonds. The third kappa shape index (κ3) is 5.42. The van der Waals surface area contributed by atoms with E-state index in [0.29, 0.717) is 11.6 Å². The fraction of sp³-hybridized carbons (Fsp3) is 0.290. The second-order valence-corrected chi connectivity index (χ2v) is 9.63. The summed E-state index contributed by atoms with van der Waals surface area (Å²) in [4.78, 5) is 19.6. The van der Waals surface area contributed by atoms with Crippen molar-refractivity contribution in [3.63, 3.8) is 0 Å². The number of ether oxygens (including phenoxy) is 2. The number of nitrogens with zero attached hydrogens (tertiary/aromatic N) is 3. The van der Waals surface area contributed by atoms with Gasteiger partial charge in [-0.25, -0.2) is 9.37 Å². The first-order chi connectivity index (χ1) is 18.6. The molecule has 6 nitrogen and oxygen atoms in total. The van der Waals surface area contributed by atoms with Crippen LogP contribution in [0.2, 0.25) is 0 Å². The Morgan fingerprint density at radius 1 is 0.947 bits per heavy atom. The van der Waals surface area contributed by atoms with Gasteiger partial charge in [-0.2, -0.15) is 0 Å². The zero-order valence-corrected chi connectivity index (χ0v) is 21.8. The lowest BCUT2D eigenvalue weighted by atomic mass is 9.90. The van der Waals surface area contributed by atoms with E-state index >= 15 is 0 Å². The molecule has 4 aromatic rings. The maximum Gasteiger partial charge on any atom is 0.272 e. The number of imidazole rings is 1. The van der Waals surface area contributed by atoms with Crippen LogP contribution in [0.1, 0.15) is 35.3 Å². The smallest absolute Gasteiger partial charge is 0.272 e. The number of carbonyl (C=O) groups excluding carboxylic acids is 1. The largest absolute Gasteiger partial charge is 0.496 e. The summed E-state index contributed by atoms with van der Waals surface area (Å²) in [5.74, 6) is 1.82. The predicted molar refractivity (Wildman–Crippen MR) is 145 cm³/mol. The van der Waals surface area contributed by atoms with Gasteiger partial charge < -0.3 is 14.4 Å². The van der Waals surface area contributed by atoms with E-state index in [2.05, 4.69) is 4.98 Å². The number of hydrogen-bond acceptors (Lipinski definition) is 4. The number of likely N-dealkylation sites (tertiary alicyclic amines) is 1. The number of amides is 1. The molecule has 7 heteroatoms. The fourth-order valence-corrected chi connectivity index (χ4v) is 5.19. The van der Waals surface area contributed by atoms with Crippen molar-refractivity contribution in [2.45, 2.75) is 25.7 Å². The summed E-state index contributed by atoms with van der Waals surface area (Å²) >= 11 is 0. The summed E-state index contributed by atoms with van der Waals surface area (Å²) in [5, 5.41) is 0. The molecule has 2 heterocycles. The van der Waals surface area contributed by atoms with E-state index in [1.54, 1.807) is 26.7 Å². The maximum absolute atomic E-state index is 13.4. The van der Waals surface area contributed by atoms with Crippen LogP contribution in [0.4, 0.5) is 4.39 Å². The molecule has 0 saturated carbocycles. The van der Waals surface area contributed by atoms with Gasteiger partial charge in [-0.1, -0.05) is 30.3 Å². The summed E-state index contributed by atoms with van der Waals surface area (Å²) in [6.45, 7) is 1.45. The van der Waals surface area contributed by atoms with Gasteiger partial charge in [-0.15, -0.1) is 0 Å². The molecule has 5 rings (SSSR count). The Morgan fingerprint density at radius 2 is 1.61 bits per heavy atom. The van der Waals surface area contributed by atoms with Crippen LogP contribution in [0, 0.1) is 11.7 Å². The van der Waals surface area contributed by atoms with Gasteiger partial charge in [0.05, 0.1) is 32.3 Å². The Bertz CT molecular complexity index is 1350. The normalized spacial score (nSPS) is 13.9. The van der Waals surface area contributed by atoms with Gasteiger partial charge in [0.25, 0.3) is 5.91 Å². The van der Waals surface area contributed by atoms with Crippen molar-refractivity contribution in [1.29, 1.82) is 0 Å². The molecule has 0 radical (unpaired) electrons. The van der Waals surface area contributed by atoms with E-state index in [0.717, 1.165) is 72.6 Å². The topological polar surface area (TPSA) is 56.6 Å². The minimum Gasteiger partial charge on any atom is -0.496 e. The summed E-state index contributed by atoms with van der Waals surface area (Å²) in [7, 11) is 3.29. The van der Waals surface area contributed by atoms with Crippen LogP contribution in [-0.2, 0) is 6.42 Å². The number of rotatable bonds is 8. The van der Waals surface area contributed by atoms with Gasteiger partial charge >= 0.3 is 0 Å². The average Bonchev–Trinajstić information content (AvgIpc) is 3.46. The molecule has 1 saturated heterocycles. The van der Waals surface area contributed by atoms with Gasteiger partial charge in [0.15, 0.2) is 0 Å². The standard InChI is InChI=1S/C31H32FN3O3/c1-37-28-4-3-5-29(38-2)30(28)24-10-14-26(15-11-24)35-21-33-20-27(35)31(36)34-18-16-23(17-19-34)7-6-22-8-12-25(32)13-9-22/h3-5,8-15,20-21,23H,6-7,16-19H2,1-2H3. The molecule has 1 fully saturated rings. The van der Waals surface area contributed by atoms with E-state index in [1.807, 2.05) is 64.1 Å². The van der Waals surface area contributed by atoms with Crippen LogP contribution in [0.15, 0.2) is 79.3 Å². The Hall–Kier alpha value is -4.13. The van der Waals surface area contributed by atoms with Crippen molar-refractivity contribution < 1.29 is 18.7 Å². The van der Waals surface area contributed by atoms with Crippen molar-refractivity contribution in [2.75, 3.05) is 27.3 Å². The summed E-state index contributed by atoms with van der Waals surface area (Å²) in [5.41, 5.74) is 4.41. The molecule has 0 N–H and O–H groups in total. The third-order valence-corrected chi connectivity index (χ3v) is 7.38. The Balaban J connectivity index is 1.24. The van der Waals surface area contributed by atoms with E-state index in [4.69, 9.17) is 9.47 Å². The Labute approximate surface area is 222 Å². The molecule has 196 valence electrons. The number of benzene rings is 3. The monoisotopic (exact) mass is 513 g/mol. The van der Waals surface area contributed by atoms with Gasteiger partial charge in [-0.05, 0) is 79.1 Å². The lowest BCUT2D eigenvalue weighted by Crippen LogP contribution is -2.39. The van der Waals surface area contributed by atoms with Crippen LogP contribution in [0.3, 0.4) is 0 Å². The number of aryl methyl sites for hydroxylation is 1. The minimum absolute atomic E-state index is 0.00467. The fourth-order valence-electron chi connectivity index (χ4n) is 5.19. The van der Waals surface area contributed by atoms with Gasteiger partial charge in [0, 0.05) is 18.8 Å². The SMILES string of the molecule is COc1cccc(OC)c1-c1ccc(-n2cncc2C(=O)N2CCC(CCc3ccc(F)cc3)CC2)cc1. The van der Waals surface area contributed by atoms with Crippen LogP contribution >= 0.6 is 0 Å². The van der Waals surface area contributed by atoms with Crippen molar-refractivity contribution in [3.8, 4) is 28.3 Å². The van der Waals surface area contributed by atoms with Crippen molar-refractivity contribution in [1.82, 2.24) is 14.5 Å². The number of hydrogen-bond donors (Lipinski definition) is 0. The second kappa shape index (κ2) is 11.5. The molecular formula is C31H32FN3O3. The zero-order valence-electron chi connectivity index (χ0n) is 21.8. The first-order valence-corrected chi connectivity index (χ1v) is 12.9. The van der Waals surface area contributed by atoms with Crippen molar-refractivity contribution in [3.05, 3.63) is 96.3 Å². The molecule has 3 aromatic carbocycles. The number of aromatic nitrogens is 2.